The van der Waals surface area contributed by atoms with Gasteiger partial charge in [-0.15, -0.1) is 0 Å². The van der Waals surface area contributed by atoms with Crippen LogP contribution >= 0.6 is 11.8 Å². The van der Waals surface area contributed by atoms with Crippen LogP contribution in [0.1, 0.15) is 17.5 Å². The average Bonchev–Trinajstić information content (AvgIpc) is 2.77. The minimum Gasteiger partial charge on any atom is -0.370 e. The Hall–Kier alpha value is -1.75. The highest BCUT2D eigenvalue weighted by Gasteiger charge is 2.08. The molecule has 0 unspecified atom stereocenters. The molecule has 1 aromatic heterocycles. The number of thioether (sulfide) groups is 1. The maximum Gasteiger partial charge on any atom is 0.218 e. The predicted octanol–water partition coefficient (Wildman–Crippen LogP) is 2.46. The Bertz CT molecular complexity index is 592. The molecule has 2 aromatic rings. The van der Waals surface area contributed by atoms with Crippen molar-refractivity contribution in [3.05, 3.63) is 41.7 Å². The lowest BCUT2D eigenvalue weighted by molar-refractivity contribution is -0.117. The van der Waals surface area contributed by atoms with Gasteiger partial charge in [0.1, 0.15) is 0 Å². The zero-order chi connectivity index (χ0) is 13.8. The monoisotopic (exact) mass is 275 g/mol. The molecule has 2 N–H and O–H groups in total. The molecule has 0 radical (unpaired) electrons. The number of hydrogen-bond acceptors (Lipinski definition) is 3. The van der Waals surface area contributed by atoms with Crippen molar-refractivity contribution >= 4 is 17.7 Å². The predicted molar refractivity (Wildman–Crippen MR) is 77.6 cm³/mol. The van der Waals surface area contributed by atoms with Crippen LogP contribution in [-0.2, 0) is 4.79 Å². The smallest absolute Gasteiger partial charge is 0.218 e. The molecule has 2 rings (SSSR count). The van der Waals surface area contributed by atoms with Crippen LogP contribution in [0.5, 0.6) is 0 Å². The summed E-state index contributed by atoms with van der Waals surface area (Å²) >= 11 is 1.54. The van der Waals surface area contributed by atoms with Crippen LogP contribution < -0.4 is 5.73 Å². The fourth-order valence-electron chi connectivity index (χ4n) is 1.90. The number of nitrogens with two attached hydrogens (primary N) is 1. The van der Waals surface area contributed by atoms with Crippen molar-refractivity contribution in [1.82, 2.24) is 9.55 Å². The number of aryl methyl sites for hydroxylation is 2. The van der Waals surface area contributed by atoms with Crippen molar-refractivity contribution in [3.8, 4) is 5.69 Å². The summed E-state index contributed by atoms with van der Waals surface area (Å²) in [6.07, 6.45) is 4.07. The minimum absolute atomic E-state index is 0.280. The summed E-state index contributed by atoms with van der Waals surface area (Å²) in [4.78, 5) is 15.1. The van der Waals surface area contributed by atoms with Gasteiger partial charge >= 0.3 is 0 Å². The van der Waals surface area contributed by atoms with E-state index in [2.05, 4.69) is 37.0 Å². The molecule has 1 amide bonds. The number of benzene rings is 1. The van der Waals surface area contributed by atoms with Gasteiger partial charge < -0.3 is 5.73 Å². The van der Waals surface area contributed by atoms with Crippen LogP contribution in [0.2, 0.25) is 0 Å². The molecule has 4 nitrogen and oxygen atoms in total. The van der Waals surface area contributed by atoms with Crippen LogP contribution in [0.15, 0.2) is 35.7 Å². The topological polar surface area (TPSA) is 60.9 Å². The normalized spacial score (nSPS) is 10.6. The molecule has 0 atom stereocenters. The first kappa shape index (κ1) is 13.7. The third-order valence-electron chi connectivity index (χ3n) is 2.80. The highest BCUT2D eigenvalue weighted by atomic mass is 32.2. The Balaban J connectivity index is 2.21. The number of imidazole rings is 1. The van der Waals surface area contributed by atoms with E-state index in [0.29, 0.717) is 12.2 Å². The van der Waals surface area contributed by atoms with Crippen LogP contribution in [0.4, 0.5) is 0 Å². The second-order valence-electron chi connectivity index (χ2n) is 4.43. The minimum atomic E-state index is -0.280. The largest absolute Gasteiger partial charge is 0.370 e. The number of aromatic nitrogens is 2. The van der Waals surface area contributed by atoms with E-state index in [0.717, 1.165) is 10.8 Å². The van der Waals surface area contributed by atoms with E-state index in [1.165, 1.54) is 11.1 Å². The first-order valence-electron chi connectivity index (χ1n) is 6.10. The zero-order valence-corrected chi connectivity index (χ0v) is 11.9. The van der Waals surface area contributed by atoms with Gasteiger partial charge in [0.05, 0.1) is 5.69 Å². The molecular weight excluding hydrogens is 258 g/mol. The van der Waals surface area contributed by atoms with Gasteiger partial charge in [0.25, 0.3) is 0 Å². The fourth-order valence-corrected chi connectivity index (χ4v) is 2.82. The second kappa shape index (κ2) is 5.93. The lowest BCUT2D eigenvalue weighted by Crippen LogP contribution is -2.11. The molecule has 19 heavy (non-hydrogen) atoms. The highest BCUT2D eigenvalue weighted by Crippen LogP contribution is 2.23. The number of nitrogens with zero attached hydrogens (tertiary/aromatic N) is 2. The summed E-state index contributed by atoms with van der Waals surface area (Å²) in [5, 5.41) is 0.883. The molecule has 0 spiro atoms. The van der Waals surface area contributed by atoms with E-state index in [1.54, 1.807) is 18.0 Å². The first-order chi connectivity index (χ1) is 9.08. The maximum atomic E-state index is 10.8. The Morgan fingerprint density at radius 3 is 2.89 bits per heavy atom. The Labute approximate surface area is 117 Å². The number of hydrogen-bond donors (Lipinski definition) is 1. The van der Waals surface area contributed by atoms with Crippen LogP contribution in [0, 0.1) is 13.8 Å². The van der Waals surface area contributed by atoms with Crippen molar-refractivity contribution in [3.63, 3.8) is 0 Å². The van der Waals surface area contributed by atoms with Crippen molar-refractivity contribution in [2.45, 2.75) is 25.4 Å². The molecule has 1 aromatic carbocycles. The van der Waals surface area contributed by atoms with Gasteiger partial charge in [-0.1, -0.05) is 29.5 Å². The summed E-state index contributed by atoms with van der Waals surface area (Å²) < 4.78 is 2.04. The van der Waals surface area contributed by atoms with Crippen LogP contribution in [0.25, 0.3) is 5.69 Å². The number of rotatable bonds is 5. The van der Waals surface area contributed by atoms with Gasteiger partial charge in [-0.3, -0.25) is 9.36 Å². The molecule has 0 saturated heterocycles. The second-order valence-corrected chi connectivity index (χ2v) is 5.50. The summed E-state index contributed by atoms with van der Waals surface area (Å²) in [5.74, 6) is 0.370. The number of carbonyl (C=O) groups is 1. The van der Waals surface area contributed by atoms with Crippen molar-refractivity contribution in [2.24, 2.45) is 5.73 Å². The quantitative estimate of drug-likeness (QED) is 0.853. The maximum absolute atomic E-state index is 10.8. The van der Waals surface area contributed by atoms with Crippen molar-refractivity contribution in [1.29, 1.82) is 0 Å². The van der Waals surface area contributed by atoms with Gasteiger partial charge in [0, 0.05) is 24.6 Å². The molecule has 1 heterocycles. The van der Waals surface area contributed by atoms with Crippen LogP contribution in [-0.4, -0.2) is 21.2 Å². The molecule has 0 aliphatic heterocycles. The Kier molecular flexibility index (Phi) is 4.27. The first-order valence-corrected chi connectivity index (χ1v) is 7.08. The van der Waals surface area contributed by atoms with E-state index in [-0.39, 0.29) is 5.91 Å². The highest BCUT2D eigenvalue weighted by molar-refractivity contribution is 7.99. The Morgan fingerprint density at radius 2 is 2.21 bits per heavy atom. The number of primary amides is 1. The van der Waals surface area contributed by atoms with Gasteiger partial charge in [-0.05, 0) is 25.5 Å². The van der Waals surface area contributed by atoms with Gasteiger partial charge in [-0.2, -0.15) is 0 Å². The standard InChI is InChI=1S/C14H17N3OS/c1-10-3-4-12(11(2)9-10)17-7-6-16-14(17)19-8-5-13(15)18/h3-4,6-7,9H,5,8H2,1-2H3,(H2,15,18). The van der Waals surface area contributed by atoms with E-state index >= 15 is 0 Å². The molecule has 0 aliphatic carbocycles. The lowest BCUT2D eigenvalue weighted by Gasteiger charge is -2.10. The molecule has 0 aliphatic rings. The summed E-state index contributed by atoms with van der Waals surface area (Å²) in [6.45, 7) is 4.16. The van der Waals surface area contributed by atoms with Gasteiger partial charge in [0.2, 0.25) is 5.91 Å². The fraction of sp³-hybridized carbons (Fsp3) is 0.286. The molecule has 100 valence electrons. The summed E-state index contributed by atoms with van der Waals surface area (Å²) in [6, 6.07) is 6.32. The van der Waals surface area contributed by atoms with E-state index in [1.807, 2.05) is 10.8 Å². The van der Waals surface area contributed by atoms with E-state index in [4.69, 9.17) is 5.73 Å². The molecular formula is C14H17N3OS. The third-order valence-corrected chi connectivity index (χ3v) is 3.77. The summed E-state index contributed by atoms with van der Waals surface area (Å²) in [7, 11) is 0. The third kappa shape index (κ3) is 3.38. The molecule has 0 fully saturated rings. The van der Waals surface area contributed by atoms with Crippen molar-refractivity contribution in [2.75, 3.05) is 5.75 Å². The SMILES string of the molecule is Cc1ccc(-n2ccnc2SCCC(N)=O)c(C)c1. The number of carbonyl (C=O) groups excluding carboxylic acids is 1. The van der Waals surface area contributed by atoms with Gasteiger partial charge in [-0.25, -0.2) is 4.98 Å². The molecule has 5 heteroatoms. The molecule has 0 saturated carbocycles. The molecule has 0 bridgehead atoms. The van der Waals surface area contributed by atoms with Crippen LogP contribution in [0.3, 0.4) is 0 Å². The Morgan fingerprint density at radius 1 is 1.42 bits per heavy atom. The van der Waals surface area contributed by atoms with Crippen molar-refractivity contribution < 1.29 is 4.79 Å². The zero-order valence-electron chi connectivity index (χ0n) is 11.1. The summed E-state index contributed by atoms with van der Waals surface area (Å²) in [5.41, 5.74) is 8.70. The van der Waals surface area contributed by atoms with E-state index in [9.17, 15) is 4.79 Å². The lowest BCUT2D eigenvalue weighted by atomic mass is 10.1. The van der Waals surface area contributed by atoms with Gasteiger partial charge in [0.15, 0.2) is 5.16 Å². The number of amides is 1. The van der Waals surface area contributed by atoms with E-state index < -0.39 is 0 Å². The average molecular weight is 275 g/mol.